The van der Waals surface area contributed by atoms with Crippen LogP contribution in [-0.2, 0) is 6.54 Å². The molecule has 0 bridgehead atoms. The van der Waals surface area contributed by atoms with E-state index in [-0.39, 0.29) is 24.6 Å². The minimum absolute atomic E-state index is 0.0879. The van der Waals surface area contributed by atoms with Gasteiger partial charge in [-0.05, 0) is 24.6 Å². The summed E-state index contributed by atoms with van der Waals surface area (Å²) in [4.78, 5) is 28.4. The van der Waals surface area contributed by atoms with Gasteiger partial charge in [-0.3, -0.25) is 9.59 Å². The molecule has 0 aliphatic carbocycles. The van der Waals surface area contributed by atoms with Gasteiger partial charge in [0.1, 0.15) is 5.56 Å². The molecule has 2 aromatic rings. The van der Waals surface area contributed by atoms with Gasteiger partial charge in [-0.1, -0.05) is 30.3 Å². The van der Waals surface area contributed by atoms with E-state index in [0.29, 0.717) is 12.2 Å². The van der Waals surface area contributed by atoms with Crippen molar-refractivity contribution in [2.75, 3.05) is 13.2 Å². The van der Waals surface area contributed by atoms with Crippen molar-refractivity contribution < 1.29 is 9.90 Å². The SMILES string of the molecule is Cc1ccc(C(=O)N(CCO)Cc2ccccc2)c(=O)[nH]1. The number of H-pyrrole nitrogens is 1. The summed E-state index contributed by atoms with van der Waals surface area (Å²) in [6.45, 7) is 2.14. The molecule has 0 radical (unpaired) electrons. The first-order valence-electron chi connectivity index (χ1n) is 6.76. The molecular formula is C16H18N2O3. The van der Waals surface area contributed by atoms with Gasteiger partial charge in [-0.25, -0.2) is 0 Å². The average Bonchev–Trinajstić information content (AvgIpc) is 2.47. The first-order chi connectivity index (χ1) is 10.1. The lowest BCUT2D eigenvalue weighted by molar-refractivity contribution is 0.0706. The summed E-state index contributed by atoms with van der Waals surface area (Å²) < 4.78 is 0. The van der Waals surface area contributed by atoms with E-state index in [1.807, 2.05) is 30.3 Å². The molecule has 0 aliphatic heterocycles. The van der Waals surface area contributed by atoms with Gasteiger partial charge in [-0.15, -0.1) is 0 Å². The molecule has 110 valence electrons. The van der Waals surface area contributed by atoms with Crippen molar-refractivity contribution in [3.05, 3.63) is 69.6 Å². The summed E-state index contributed by atoms with van der Waals surface area (Å²) in [5.41, 5.74) is 1.33. The van der Waals surface area contributed by atoms with E-state index in [9.17, 15) is 9.59 Å². The highest BCUT2D eigenvalue weighted by atomic mass is 16.3. The van der Waals surface area contributed by atoms with Gasteiger partial charge < -0.3 is 15.0 Å². The second kappa shape index (κ2) is 6.85. The number of benzene rings is 1. The molecule has 21 heavy (non-hydrogen) atoms. The number of nitrogens with zero attached hydrogens (tertiary/aromatic N) is 1. The summed E-state index contributed by atoms with van der Waals surface area (Å²) in [5, 5.41) is 9.14. The molecule has 2 N–H and O–H groups in total. The standard InChI is InChI=1S/C16H18N2O3/c1-12-7-8-14(15(20)17-12)16(21)18(9-10-19)11-13-5-3-2-4-6-13/h2-8,19H,9-11H2,1H3,(H,17,20). The van der Waals surface area contributed by atoms with Gasteiger partial charge in [0.05, 0.1) is 6.61 Å². The van der Waals surface area contributed by atoms with Crippen molar-refractivity contribution in [3.8, 4) is 0 Å². The predicted molar refractivity (Wildman–Crippen MR) is 80.1 cm³/mol. The quantitative estimate of drug-likeness (QED) is 0.870. The number of hydrogen-bond donors (Lipinski definition) is 2. The number of aromatic nitrogens is 1. The molecule has 1 aromatic heterocycles. The summed E-state index contributed by atoms with van der Waals surface area (Å²) in [5.74, 6) is -0.380. The third-order valence-electron chi connectivity index (χ3n) is 3.16. The topological polar surface area (TPSA) is 73.4 Å². The van der Waals surface area contributed by atoms with Gasteiger partial charge in [0.25, 0.3) is 11.5 Å². The van der Waals surface area contributed by atoms with Crippen LogP contribution in [0.4, 0.5) is 0 Å². The largest absolute Gasteiger partial charge is 0.395 e. The van der Waals surface area contributed by atoms with Crippen LogP contribution >= 0.6 is 0 Å². The predicted octanol–water partition coefficient (Wildman–Crippen LogP) is 1.32. The Morgan fingerprint density at radius 3 is 2.52 bits per heavy atom. The van der Waals surface area contributed by atoms with E-state index in [2.05, 4.69) is 4.98 Å². The summed E-state index contributed by atoms with van der Waals surface area (Å²) in [6, 6.07) is 12.7. The lowest BCUT2D eigenvalue weighted by atomic mass is 10.1. The number of aryl methyl sites for hydroxylation is 1. The highest BCUT2D eigenvalue weighted by Crippen LogP contribution is 2.08. The van der Waals surface area contributed by atoms with Gasteiger partial charge in [0.15, 0.2) is 0 Å². The van der Waals surface area contributed by atoms with Crippen molar-refractivity contribution in [2.45, 2.75) is 13.5 Å². The zero-order valence-corrected chi connectivity index (χ0v) is 11.9. The molecule has 1 aromatic carbocycles. The first-order valence-corrected chi connectivity index (χ1v) is 6.76. The van der Waals surface area contributed by atoms with Crippen molar-refractivity contribution in [3.63, 3.8) is 0 Å². The summed E-state index contributed by atoms with van der Waals surface area (Å²) >= 11 is 0. The zero-order valence-electron chi connectivity index (χ0n) is 11.9. The lowest BCUT2D eigenvalue weighted by Gasteiger charge is -2.21. The van der Waals surface area contributed by atoms with Crippen LogP contribution in [0.3, 0.4) is 0 Å². The van der Waals surface area contributed by atoms with Crippen LogP contribution in [0.25, 0.3) is 0 Å². The minimum atomic E-state index is -0.406. The summed E-state index contributed by atoms with van der Waals surface area (Å²) in [7, 11) is 0. The Bertz CT molecular complexity index is 665. The van der Waals surface area contributed by atoms with Crippen molar-refractivity contribution >= 4 is 5.91 Å². The second-order valence-corrected chi connectivity index (χ2v) is 4.82. The third kappa shape index (κ3) is 3.79. The molecule has 0 unspecified atom stereocenters. The maximum Gasteiger partial charge on any atom is 0.260 e. The number of hydrogen-bond acceptors (Lipinski definition) is 3. The monoisotopic (exact) mass is 286 g/mol. The van der Waals surface area contributed by atoms with Crippen LogP contribution < -0.4 is 5.56 Å². The lowest BCUT2D eigenvalue weighted by Crippen LogP contribution is -2.36. The fraction of sp³-hybridized carbons (Fsp3) is 0.250. The molecule has 0 aliphatic rings. The van der Waals surface area contributed by atoms with Gasteiger partial charge >= 0.3 is 0 Å². The van der Waals surface area contributed by atoms with E-state index in [1.165, 1.54) is 11.0 Å². The molecule has 0 spiro atoms. The Balaban J connectivity index is 2.25. The number of aliphatic hydroxyl groups is 1. The molecule has 0 saturated heterocycles. The Morgan fingerprint density at radius 2 is 1.90 bits per heavy atom. The maximum absolute atomic E-state index is 12.5. The van der Waals surface area contributed by atoms with E-state index in [1.54, 1.807) is 13.0 Å². The number of rotatable bonds is 5. The number of carbonyl (C=O) groups is 1. The molecule has 0 saturated carbocycles. The molecule has 1 amide bonds. The molecule has 2 rings (SSSR count). The zero-order chi connectivity index (χ0) is 15.2. The van der Waals surface area contributed by atoms with Crippen LogP contribution in [0.5, 0.6) is 0 Å². The normalized spacial score (nSPS) is 10.4. The molecule has 5 heteroatoms. The Morgan fingerprint density at radius 1 is 1.19 bits per heavy atom. The first kappa shape index (κ1) is 15.0. The maximum atomic E-state index is 12.5. The number of aromatic amines is 1. The fourth-order valence-corrected chi connectivity index (χ4v) is 2.09. The molecule has 0 fully saturated rings. The number of amides is 1. The highest BCUT2D eigenvalue weighted by molar-refractivity contribution is 5.93. The summed E-state index contributed by atoms with van der Waals surface area (Å²) in [6.07, 6.45) is 0. The van der Waals surface area contributed by atoms with E-state index < -0.39 is 5.56 Å². The van der Waals surface area contributed by atoms with Crippen molar-refractivity contribution in [1.29, 1.82) is 0 Å². The second-order valence-electron chi connectivity index (χ2n) is 4.82. The van der Waals surface area contributed by atoms with Gasteiger partial charge in [-0.2, -0.15) is 0 Å². The minimum Gasteiger partial charge on any atom is -0.395 e. The fourth-order valence-electron chi connectivity index (χ4n) is 2.09. The van der Waals surface area contributed by atoms with Crippen LogP contribution in [-0.4, -0.2) is 34.0 Å². The number of nitrogens with one attached hydrogen (secondary N) is 1. The average molecular weight is 286 g/mol. The Hall–Kier alpha value is -2.40. The van der Waals surface area contributed by atoms with Crippen molar-refractivity contribution in [2.24, 2.45) is 0 Å². The highest BCUT2D eigenvalue weighted by Gasteiger charge is 2.18. The molecule has 0 atom stereocenters. The Kier molecular flexibility index (Phi) is 4.90. The number of carbonyl (C=O) groups excluding carboxylic acids is 1. The van der Waals surface area contributed by atoms with Crippen LogP contribution in [0, 0.1) is 6.92 Å². The molecule has 5 nitrogen and oxygen atoms in total. The third-order valence-corrected chi connectivity index (χ3v) is 3.16. The van der Waals surface area contributed by atoms with E-state index in [4.69, 9.17) is 5.11 Å². The number of pyridine rings is 1. The number of aliphatic hydroxyl groups excluding tert-OH is 1. The molecular weight excluding hydrogens is 268 g/mol. The van der Waals surface area contributed by atoms with Gasteiger partial charge in [0.2, 0.25) is 0 Å². The molecule has 1 heterocycles. The van der Waals surface area contributed by atoms with Crippen LogP contribution in [0.15, 0.2) is 47.3 Å². The smallest absolute Gasteiger partial charge is 0.260 e. The van der Waals surface area contributed by atoms with Crippen molar-refractivity contribution in [1.82, 2.24) is 9.88 Å². The van der Waals surface area contributed by atoms with E-state index >= 15 is 0 Å². The van der Waals surface area contributed by atoms with Crippen LogP contribution in [0.2, 0.25) is 0 Å². The van der Waals surface area contributed by atoms with E-state index in [0.717, 1.165) is 5.56 Å². The Labute approximate surface area is 122 Å². The van der Waals surface area contributed by atoms with Crippen LogP contribution in [0.1, 0.15) is 21.6 Å². The van der Waals surface area contributed by atoms with Gasteiger partial charge in [0, 0.05) is 18.8 Å².